The van der Waals surface area contributed by atoms with Crippen LogP contribution in [-0.4, -0.2) is 55.2 Å². The Bertz CT molecular complexity index is 789. The molecule has 3 heterocycles. The molecule has 2 aliphatic rings. The SMILES string of the molecule is CC(CC(=O)N1CCN(c2ccccn2)CC1)c1ccc2c(c1)OCCO2. The lowest BCUT2D eigenvalue weighted by Gasteiger charge is -2.36. The first kappa shape index (κ1) is 17.6. The third kappa shape index (κ3) is 3.99. The van der Waals surface area contributed by atoms with Crippen LogP contribution in [0.5, 0.6) is 11.5 Å². The van der Waals surface area contributed by atoms with Crippen LogP contribution in [0.2, 0.25) is 0 Å². The number of nitrogens with zero attached hydrogens (tertiary/aromatic N) is 3. The molecule has 1 aromatic heterocycles. The molecule has 2 aromatic rings. The van der Waals surface area contributed by atoms with E-state index in [9.17, 15) is 4.79 Å². The largest absolute Gasteiger partial charge is 0.486 e. The maximum atomic E-state index is 12.7. The minimum absolute atomic E-state index is 0.141. The maximum Gasteiger partial charge on any atom is 0.223 e. The van der Waals surface area contributed by atoms with Gasteiger partial charge in [0.1, 0.15) is 19.0 Å². The average molecular weight is 367 g/mol. The molecule has 1 fully saturated rings. The van der Waals surface area contributed by atoms with Gasteiger partial charge in [0, 0.05) is 38.8 Å². The number of ether oxygens (including phenoxy) is 2. The minimum Gasteiger partial charge on any atom is -0.486 e. The molecule has 0 bridgehead atoms. The van der Waals surface area contributed by atoms with E-state index in [0.717, 1.165) is 49.1 Å². The Kier molecular flexibility index (Phi) is 5.14. The topological polar surface area (TPSA) is 54.9 Å². The quantitative estimate of drug-likeness (QED) is 0.832. The summed E-state index contributed by atoms with van der Waals surface area (Å²) in [7, 11) is 0. The smallest absolute Gasteiger partial charge is 0.223 e. The van der Waals surface area contributed by atoms with Crippen LogP contribution in [0.1, 0.15) is 24.8 Å². The highest BCUT2D eigenvalue weighted by Crippen LogP contribution is 2.34. The van der Waals surface area contributed by atoms with E-state index in [2.05, 4.69) is 16.8 Å². The molecule has 6 nitrogen and oxygen atoms in total. The molecule has 0 N–H and O–H groups in total. The van der Waals surface area contributed by atoms with Gasteiger partial charge in [0.15, 0.2) is 11.5 Å². The third-order valence-electron chi connectivity index (χ3n) is 5.22. The van der Waals surface area contributed by atoms with E-state index in [-0.39, 0.29) is 11.8 Å². The van der Waals surface area contributed by atoms with Crippen LogP contribution in [0.25, 0.3) is 0 Å². The van der Waals surface area contributed by atoms with Crippen molar-refractivity contribution in [2.75, 3.05) is 44.3 Å². The van der Waals surface area contributed by atoms with Crippen LogP contribution in [-0.2, 0) is 4.79 Å². The molecule has 1 aromatic carbocycles. The van der Waals surface area contributed by atoms with E-state index in [1.54, 1.807) is 0 Å². The number of rotatable bonds is 4. The van der Waals surface area contributed by atoms with Crippen molar-refractivity contribution in [3.05, 3.63) is 48.2 Å². The number of benzene rings is 1. The number of fused-ring (bicyclic) bond motifs is 1. The van der Waals surface area contributed by atoms with Crippen molar-refractivity contribution < 1.29 is 14.3 Å². The summed E-state index contributed by atoms with van der Waals surface area (Å²) in [5.74, 6) is 2.89. The minimum atomic E-state index is 0.141. The van der Waals surface area contributed by atoms with E-state index < -0.39 is 0 Å². The molecule has 0 radical (unpaired) electrons. The summed E-state index contributed by atoms with van der Waals surface area (Å²) >= 11 is 0. The highest BCUT2D eigenvalue weighted by molar-refractivity contribution is 5.77. The molecule has 1 unspecified atom stereocenters. The van der Waals surface area contributed by atoms with Gasteiger partial charge in [-0.25, -0.2) is 4.98 Å². The number of hydrogen-bond donors (Lipinski definition) is 0. The van der Waals surface area contributed by atoms with Gasteiger partial charge in [0.05, 0.1) is 0 Å². The van der Waals surface area contributed by atoms with Crippen LogP contribution in [0.4, 0.5) is 5.82 Å². The highest BCUT2D eigenvalue weighted by atomic mass is 16.6. The Balaban J connectivity index is 1.33. The second kappa shape index (κ2) is 7.86. The summed E-state index contributed by atoms with van der Waals surface area (Å²) in [5.41, 5.74) is 1.11. The first-order valence-electron chi connectivity index (χ1n) is 9.54. The fraction of sp³-hybridized carbons (Fsp3) is 0.429. The zero-order chi connectivity index (χ0) is 18.6. The van der Waals surface area contributed by atoms with Gasteiger partial charge < -0.3 is 19.3 Å². The number of carbonyl (C=O) groups excluding carboxylic acids is 1. The van der Waals surface area contributed by atoms with E-state index in [1.807, 2.05) is 47.5 Å². The van der Waals surface area contributed by atoms with E-state index in [4.69, 9.17) is 9.47 Å². The Hall–Kier alpha value is -2.76. The fourth-order valence-corrected chi connectivity index (χ4v) is 3.60. The monoisotopic (exact) mass is 367 g/mol. The third-order valence-corrected chi connectivity index (χ3v) is 5.22. The molecule has 0 saturated carbocycles. The van der Waals surface area contributed by atoms with Crippen LogP contribution < -0.4 is 14.4 Å². The normalized spacial score (nSPS) is 17.5. The predicted octanol–water partition coefficient (Wildman–Crippen LogP) is 2.70. The maximum absolute atomic E-state index is 12.7. The van der Waals surface area contributed by atoms with Crippen LogP contribution in [0.3, 0.4) is 0 Å². The number of hydrogen-bond acceptors (Lipinski definition) is 5. The first-order valence-corrected chi connectivity index (χ1v) is 9.54. The molecule has 1 atom stereocenters. The number of anilines is 1. The summed E-state index contributed by atoms with van der Waals surface area (Å²) < 4.78 is 11.2. The highest BCUT2D eigenvalue weighted by Gasteiger charge is 2.24. The van der Waals surface area contributed by atoms with Crippen molar-refractivity contribution in [3.8, 4) is 11.5 Å². The Morgan fingerprint density at radius 3 is 2.59 bits per heavy atom. The second-order valence-corrected chi connectivity index (χ2v) is 7.06. The van der Waals surface area contributed by atoms with Crippen LogP contribution >= 0.6 is 0 Å². The number of pyridine rings is 1. The van der Waals surface area contributed by atoms with Crippen molar-refractivity contribution in [2.24, 2.45) is 0 Å². The van der Waals surface area contributed by atoms with Gasteiger partial charge in [0.2, 0.25) is 5.91 Å². The summed E-state index contributed by atoms with van der Waals surface area (Å²) in [4.78, 5) is 21.3. The molecular weight excluding hydrogens is 342 g/mol. The zero-order valence-electron chi connectivity index (χ0n) is 15.6. The number of piperazine rings is 1. The number of aromatic nitrogens is 1. The lowest BCUT2D eigenvalue weighted by molar-refractivity contribution is -0.131. The van der Waals surface area contributed by atoms with Gasteiger partial charge in [-0.15, -0.1) is 0 Å². The summed E-state index contributed by atoms with van der Waals surface area (Å²) in [6.45, 7) is 6.37. The Morgan fingerprint density at radius 2 is 1.85 bits per heavy atom. The van der Waals surface area contributed by atoms with Gasteiger partial charge in [-0.3, -0.25) is 4.79 Å². The summed E-state index contributed by atoms with van der Waals surface area (Å²) in [5, 5.41) is 0. The Morgan fingerprint density at radius 1 is 1.07 bits per heavy atom. The van der Waals surface area contributed by atoms with Crippen molar-refractivity contribution >= 4 is 11.7 Å². The van der Waals surface area contributed by atoms with Gasteiger partial charge >= 0.3 is 0 Å². The molecule has 1 saturated heterocycles. The second-order valence-electron chi connectivity index (χ2n) is 7.06. The average Bonchev–Trinajstić information content (AvgIpc) is 2.74. The lowest BCUT2D eigenvalue weighted by atomic mass is 9.96. The van der Waals surface area contributed by atoms with Gasteiger partial charge in [-0.05, 0) is 35.7 Å². The number of amides is 1. The molecule has 4 rings (SSSR count). The van der Waals surface area contributed by atoms with Crippen molar-refractivity contribution in [1.82, 2.24) is 9.88 Å². The molecule has 6 heteroatoms. The standard InChI is InChI=1S/C21H25N3O3/c1-16(17-5-6-18-19(15-17)27-13-12-26-18)14-21(25)24-10-8-23(9-11-24)20-4-2-3-7-22-20/h2-7,15-16H,8-14H2,1H3. The van der Waals surface area contributed by atoms with E-state index >= 15 is 0 Å². The van der Waals surface area contributed by atoms with Gasteiger partial charge in [-0.2, -0.15) is 0 Å². The van der Waals surface area contributed by atoms with E-state index in [1.165, 1.54) is 0 Å². The Labute approximate surface area is 159 Å². The molecule has 27 heavy (non-hydrogen) atoms. The molecule has 0 spiro atoms. The van der Waals surface area contributed by atoms with Crippen molar-refractivity contribution in [1.29, 1.82) is 0 Å². The molecule has 2 aliphatic heterocycles. The van der Waals surface area contributed by atoms with E-state index in [0.29, 0.717) is 19.6 Å². The van der Waals surface area contributed by atoms with Crippen LogP contribution in [0, 0.1) is 0 Å². The summed E-state index contributed by atoms with van der Waals surface area (Å²) in [6.07, 6.45) is 2.31. The fourth-order valence-electron chi connectivity index (χ4n) is 3.60. The van der Waals surface area contributed by atoms with Gasteiger partial charge in [0.25, 0.3) is 0 Å². The van der Waals surface area contributed by atoms with Crippen molar-refractivity contribution in [2.45, 2.75) is 19.3 Å². The summed E-state index contributed by atoms with van der Waals surface area (Å²) in [6, 6.07) is 11.9. The lowest BCUT2D eigenvalue weighted by Crippen LogP contribution is -2.49. The van der Waals surface area contributed by atoms with Gasteiger partial charge in [-0.1, -0.05) is 19.1 Å². The molecule has 1 amide bonds. The molecule has 142 valence electrons. The molecule has 0 aliphatic carbocycles. The molecular formula is C21H25N3O3. The predicted molar refractivity (Wildman–Crippen MR) is 103 cm³/mol. The number of carbonyl (C=O) groups is 1. The van der Waals surface area contributed by atoms with Crippen LogP contribution in [0.15, 0.2) is 42.6 Å². The van der Waals surface area contributed by atoms with Crippen molar-refractivity contribution in [3.63, 3.8) is 0 Å². The first-order chi connectivity index (χ1) is 13.2. The zero-order valence-corrected chi connectivity index (χ0v) is 15.6.